The van der Waals surface area contributed by atoms with E-state index in [1.165, 1.54) is 5.57 Å². The van der Waals surface area contributed by atoms with E-state index in [1.807, 2.05) is 44.2 Å². The lowest BCUT2D eigenvalue weighted by atomic mass is 10.0. The molecule has 1 amide bonds. The van der Waals surface area contributed by atoms with Crippen molar-refractivity contribution in [2.24, 2.45) is 0 Å². The Bertz CT molecular complexity index is 811. The molecule has 2 saturated heterocycles. The van der Waals surface area contributed by atoms with Crippen molar-refractivity contribution in [3.8, 4) is 0 Å². The highest BCUT2D eigenvalue weighted by Crippen LogP contribution is 2.27. The number of amides is 1. The van der Waals surface area contributed by atoms with Crippen molar-refractivity contribution >= 4 is 21.8 Å². The largest absolute Gasteiger partial charge is 0.332 e. The second kappa shape index (κ2) is 7.76. The smallest absolute Gasteiger partial charge is 0.246 e. The molecule has 26 heavy (non-hydrogen) atoms. The molecule has 0 aromatic heterocycles. The van der Waals surface area contributed by atoms with E-state index >= 15 is 0 Å². The molecular formula is C20H26N2O3S. The molecular weight excluding hydrogens is 348 g/mol. The van der Waals surface area contributed by atoms with Crippen LogP contribution in [0.15, 0.2) is 48.1 Å². The van der Waals surface area contributed by atoms with E-state index < -0.39 is 9.84 Å². The minimum absolute atomic E-state index is 0.0634. The summed E-state index contributed by atoms with van der Waals surface area (Å²) in [5, 5.41) is 0. The zero-order valence-corrected chi connectivity index (χ0v) is 16.2. The lowest BCUT2D eigenvalue weighted by molar-refractivity contribution is -0.131. The molecule has 0 radical (unpaired) electrons. The highest BCUT2D eigenvalue weighted by Gasteiger charge is 2.47. The highest BCUT2D eigenvalue weighted by molar-refractivity contribution is 7.91. The molecule has 0 saturated carbocycles. The number of hydrogen-bond donors (Lipinski definition) is 0. The zero-order valence-electron chi connectivity index (χ0n) is 15.3. The van der Waals surface area contributed by atoms with Gasteiger partial charge in [0.1, 0.15) is 0 Å². The van der Waals surface area contributed by atoms with Crippen LogP contribution in [-0.2, 0) is 14.6 Å². The third kappa shape index (κ3) is 4.43. The Hall–Kier alpha value is -1.92. The lowest BCUT2D eigenvalue weighted by Crippen LogP contribution is -2.60. The van der Waals surface area contributed by atoms with Gasteiger partial charge in [0.15, 0.2) is 9.84 Å². The fourth-order valence-electron chi connectivity index (χ4n) is 3.65. The topological polar surface area (TPSA) is 57.7 Å². The van der Waals surface area contributed by atoms with Gasteiger partial charge in [-0.15, -0.1) is 0 Å². The molecule has 0 N–H and O–H groups in total. The average molecular weight is 375 g/mol. The van der Waals surface area contributed by atoms with Gasteiger partial charge in [-0.1, -0.05) is 42.0 Å². The SMILES string of the molecule is CC(C)=CCN1CCN(C(=O)/C=C/c2ccccc2)[C@@H]2CS(=O)(=O)C[C@@H]21. The number of carbonyl (C=O) groups excluding carboxylic acids is 1. The van der Waals surface area contributed by atoms with Gasteiger partial charge in [0.05, 0.1) is 17.5 Å². The first kappa shape index (κ1) is 18.9. The van der Waals surface area contributed by atoms with E-state index in [9.17, 15) is 13.2 Å². The molecule has 1 aromatic rings. The summed E-state index contributed by atoms with van der Waals surface area (Å²) < 4.78 is 24.5. The van der Waals surface area contributed by atoms with Crippen LogP contribution in [0.5, 0.6) is 0 Å². The number of rotatable bonds is 4. The predicted octanol–water partition coefficient (Wildman–Crippen LogP) is 1.98. The Morgan fingerprint density at radius 3 is 2.50 bits per heavy atom. The van der Waals surface area contributed by atoms with Crippen molar-refractivity contribution < 1.29 is 13.2 Å². The van der Waals surface area contributed by atoms with Gasteiger partial charge in [-0.2, -0.15) is 0 Å². The maximum atomic E-state index is 12.7. The number of benzene rings is 1. The van der Waals surface area contributed by atoms with Crippen LogP contribution in [0.2, 0.25) is 0 Å². The van der Waals surface area contributed by atoms with Crippen molar-refractivity contribution in [1.82, 2.24) is 9.80 Å². The number of nitrogens with zero attached hydrogens (tertiary/aromatic N) is 2. The number of fused-ring (bicyclic) bond motifs is 1. The number of piperazine rings is 1. The zero-order chi connectivity index (χ0) is 18.7. The van der Waals surface area contributed by atoms with Crippen LogP contribution in [0.4, 0.5) is 0 Å². The molecule has 1 aromatic carbocycles. The van der Waals surface area contributed by atoms with Crippen LogP contribution < -0.4 is 0 Å². The van der Waals surface area contributed by atoms with Crippen LogP contribution in [0.3, 0.4) is 0 Å². The summed E-state index contributed by atoms with van der Waals surface area (Å²) in [6.07, 6.45) is 5.47. The summed E-state index contributed by atoms with van der Waals surface area (Å²) in [7, 11) is -3.11. The van der Waals surface area contributed by atoms with Gasteiger partial charge in [0.2, 0.25) is 5.91 Å². The summed E-state index contributed by atoms with van der Waals surface area (Å²) in [5.74, 6) is 0.0942. The molecule has 6 heteroatoms. The van der Waals surface area contributed by atoms with Gasteiger partial charge in [0, 0.05) is 31.8 Å². The predicted molar refractivity (Wildman–Crippen MR) is 104 cm³/mol. The molecule has 140 valence electrons. The van der Waals surface area contributed by atoms with Gasteiger partial charge in [-0.3, -0.25) is 9.69 Å². The second-order valence-corrected chi connectivity index (χ2v) is 9.42. The summed E-state index contributed by atoms with van der Waals surface area (Å²) in [6.45, 7) is 6.07. The molecule has 2 aliphatic rings. The molecule has 2 fully saturated rings. The number of allylic oxidation sites excluding steroid dienone is 1. The van der Waals surface area contributed by atoms with Crippen LogP contribution in [0, 0.1) is 0 Å². The molecule has 3 rings (SSSR count). The van der Waals surface area contributed by atoms with E-state index in [2.05, 4.69) is 11.0 Å². The van der Waals surface area contributed by atoms with Crippen LogP contribution in [0.25, 0.3) is 6.08 Å². The average Bonchev–Trinajstić information content (AvgIpc) is 2.93. The quantitative estimate of drug-likeness (QED) is 0.597. The van der Waals surface area contributed by atoms with Crippen molar-refractivity contribution in [1.29, 1.82) is 0 Å². The van der Waals surface area contributed by atoms with Gasteiger partial charge in [0.25, 0.3) is 0 Å². The summed E-state index contributed by atoms with van der Waals surface area (Å²) in [6, 6.07) is 9.27. The molecule has 0 spiro atoms. The summed E-state index contributed by atoms with van der Waals surface area (Å²) in [5.41, 5.74) is 2.17. The lowest BCUT2D eigenvalue weighted by Gasteiger charge is -2.43. The van der Waals surface area contributed by atoms with Crippen molar-refractivity contribution in [2.75, 3.05) is 31.1 Å². The van der Waals surface area contributed by atoms with Crippen molar-refractivity contribution in [3.63, 3.8) is 0 Å². The Kier molecular flexibility index (Phi) is 5.63. The monoisotopic (exact) mass is 374 g/mol. The minimum Gasteiger partial charge on any atom is -0.332 e. The van der Waals surface area contributed by atoms with E-state index in [0.29, 0.717) is 13.1 Å². The highest BCUT2D eigenvalue weighted by atomic mass is 32.2. The van der Waals surface area contributed by atoms with Crippen LogP contribution in [-0.4, -0.2) is 67.3 Å². The standard InChI is InChI=1S/C20H26N2O3S/c1-16(2)10-11-21-12-13-22(19-15-26(24,25)14-18(19)21)20(23)9-8-17-6-4-3-5-7-17/h3-10,18-19H,11-15H2,1-2H3/b9-8+/t18-,19+/m0/s1. The number of carbonyl (C=O) groups is 1. The van der Waals surface area contributed by atoms with Gasteiger partial charge < -0.3 is 4.90 Å². The van der Waals surface area contributed by atoms with E-state index in [-0.39, 0.29) is 29.5 Å². The molecule has 5 nitrogen and oxygen atoms in total. The fraction of sp³-hybridized carbons (Fsp3) is 0.450. The summed E-state index contributed by atoms with van der Waals surface area (Å²) >= 11 is 0. The second-order valence-electron chi connectivity index (χ2n) is 7.26. The minimum atomic E-state index is -3.11. The Labute approximate surface area is 155 Å². The Morgan fingerprint density at radius 1 is 1.12 bits per heavy atom. The van der Waals surface area contributed by atoms with Gasteiger partial charge in [-0.25, -0.2) is 8.42 Å². The Morgan fingerprint density at radius 2 is 1.81 bits per heavy atom. The Balaban J connectivity index is 1.76. The number of hydrogen-bond acceptors (Lipinski definition) is 4. The van der Waals surface area contributed by atoms with Gasteiger partial charge in [-0.05, 0) is 25.5 Å². The first-order chi connectivity index (χ1) is 12.4. The molecule has 0 unspecified atom stereocenters. The molecule has 2 atom stereocenters. The normalized spacial score (nSPS) is 25.2. The van der Waals surface area contributed by atoms with Crippen molar-refractivity contribution in [2.45, 2.75) is 25.9 Å². The van der Waals surface area contributed by atoms with E-state index in [4.69, 9.17) is 0 Å². The first-order valence-electron chi connectivity index (χ1n) is 8.97. The van der Waals surface area contributed by atoms with Crippen LogP contribution in [0.1, 0.15) is 19.4 Å². The maximum absolute atomic E-state index is 12.7. The third-order valence-corrected chi connectivity index (χ3v) is 6.72. The molecule has 0 bridgehead atoms. The number of sulfone groups is 1. The molecule has 2 aliphatic heterocycles. The van der Waals surface area contributed by atoms with E-state index in [1.54, 1.807) is 17.1 Å². The molecule has 2 heterocycles. The van der Waals surface area contributed by atoms with Crippen LogP contribution >= 0.6 is 0 Å². The summed E-state index contributed by atoms with van der Waals surface area (Å²) in [4.78, 5) is 16.7. The van der Waals surface area contributed by atoms with Crippen molar-refractivity contribution in [3.05, 3.63) is 53.6 Å². The van der Waals surface area contributed by atoms with E-state index in [0.717, 1.165) is 12.1 Å². The molecule has 0 aliphatic carbocycles. The maximum Gasteiger partial charge on any atom is 0.246 e. The third-order valence-electron chi connectivity index (χ3n) is 5.03. The van der Waals surface area contributed by atoms with Gasteiger partial charge >= 0.3 is 0 Å². The fourth-order valence-corrected chi connectivity index (χ4v) is 5.66. The first-order valence-corrected chi connectivity index (χ1v) is 10.8.